The lowest BCUT2D eigenvalue weighted by atomic mass is 9.86. The van der Waals surface area contributed by atoms with Crippen LogP contribution in [-0.2, 0) is 27.5 Å². The van der Waals surface area contributed by atoms with Crippen molar-refractivity contribution in [2.45, 2.75) is 73.2 Å². The van der Waals surface area contributed by atoms with Crippen LogP contribution in [0.4, 0.5) is 4.79 Å². The van der Waals surface area contributed by atoms with Gasteiger partial charge in [-0.3, -0.25) is 4.79 Å². The third kappa shape index (κ3) is 6.87. The fraction of sp³-hybridized carbons (Fsp3) is 0.500. The molecule has 0 bridgehead atoms. The van der Waals surface area contributed by atoms with E-state index in [1.165, 1.54) is 6.92 Å². The van der Waals surface area contributed by atoms with E-state index < -0.39 is 35.0 Å². The van der Waals surface area contributed by atoms with Crippen molar-refractivity contribution < 1.29 is 24.0 Å². The topological polar surface area (TPSA) is 141 Å². The van der Waals surface area contributed by atoms with Crippen molar-refractivity contribution in [1.29, 1.82) is 0 Å². The number of amides is 2. The van der Waals surface area contributed by atoms with Gasteiger partial charge < -0.3 is 30.1 Å². The van der Waals surface area contributed by atoms with E-state index in [2.05, 4.69) is 15.5 Å². The number of hydrogen-bond acceptors (Lipinski definition) is 7. The van der Waals surface area contributed by atoms with Crippen LogP contribution in [0.3, 0.4) is 0 Å². The quantitative estimate of drug-likeness (QED) is 0.271. The van der Waals surface area contributed by atoms with E-state index in [1.54, 1.807) is 46.4 Å². The summed E-state index contributed by atoms with van der Waals surface area (Å²) in [6.45, 7) is 13.2. The summed E-state index contributed by atoms with van der Waals surface area (Å²) in [5, 5.41) is 6.29. The largest absolute Gasteiger partial charge is 0.444 e. The predicted molar refractivity (Wildman–Crippen MR) is 138 cm³/mol. The predicted octanol–water partition coefficient (Wildman–Crippen LogP) is 3.28. The lowest BCUT2D eigenvalue weighted by Gasteiger charge is -2.32. The van der Waals surface area contributed by atoms with Gasteiger partial charge in [0, 0.05) is 18.7 Å². The van der Waals surface area contributed by atoms with Gasteiger partial charge >= 0.3 is 12.1 Å². The van der Waals surface area contributed by atoms with Crippen LogP contribution in [0.25, 0.3) is 11.4 Å². The van der Waals surface area contributed by atoms with Crippen LogP contribution in [0.1, 0.15) is 64.6 Å². The number of fused-ring (bicyclic) bond motifs is 1. The molecule has 1 aromatic heterocycles. The van der Waals surface area contributed by atoms with E-state index >= 15 is 0 Å². The Morgan fingerprint density at radius 1 is 1.08 bits per heavy atom. The number of nitrogens with two attached hydrogens (primary N) is 1. The summed E-state index contributed by atoms with van der Waals surface area (Å²) < 4.78 is 7.47. The standard InChI is InChI=1S/C26H36N6O5/c1-16(27)30-37-23(34)20(25(2,3)4)29-22(33)19-18-15-31(24(35)36-26(5,6)7)13-14-32(18)21(28-19)17-11-9-8-10-12-17/h8-12,20H,13-15H2,1-7H3,(H2,27,30)(H,29,33). The van der Waals surface area contributed by atoms with Crippen molar-refractivity contribution in [2.24, 2.45) is 16.3 Å². The van der Waals surface area contributed by atoms with Gasteiger partial charge in [0.1, 0.15) is 23.3 Å². The number of nitrogens with zero attached hydrogens (tertiary/aromatic N) is 4. The van der Waals surface area contributed by atoms with Gasteiger partial charge in [-0.25, -0.2) is 14.6 Å². The Labute approximate surface area is 217 Å². The Balaban J connectivity index is 1.99. The molecule has 1 unspecified atom stereocenters. The number of hydrogen-bond donors (Lipinski definition) is 2. The van der Waals surface area contributed by atoms with E-state index in [0.717, 1.165) is 5.56 Å². The van der Waals surface area contributed by atoms with E-state index in [0.29, 0.717) is 24.6 Å². The number of imidazole rings is 1. The van der Waals surface area contributed by atoms with Crippen LogP contribution in [0, 0.1) is 5.41 Å². The smallest absolute Gasteiger partial charge is 0.410 e. The molecular weight excluding hydrogens is 476 g/mol. The molecule has 1 atom stereocenters. The van der Waals surface area contributed by atoms with E-state index in [4.69, 9.17) is 15.3 Å². The first kappa shape index (κ1) is 27.7. The zero-order valence-corrected chi connectivity index (χ0v) is 22.5. The Morgan fingerprint density at radius 3 is 2.30 bits per heavy atom. The average Bonchev–Trinajstić information content (AvgIpc) is 3.18. The molecule has 11 heteroatoms. The van der Waals surface area contributed by atoms with Gasteiger partial charge in [0.25, 0.3) is 5.91 Å². The molecule has 3 rings (SSSR count). The summed E-state index contributed by atoms with van der Waals surface area (Å²) in [5.41, 5.74) is 5.62. The van der Waals surface area contributed by atoms with Crippen molar-refractivity contribution in [3.63, 3.8) is 0 Å². The van der Waals surface area contributed by atoms with Crippen molar-refractivity contribution in [3.05, 3.63) is 41.7 Å². The van der Waals surface area contributed by atoms with Gasteiger partial charge in [-0.1, -0.05) is 56.3 Å². The van der Waals surface area contributed by atoms with Crippen LogP contribution in [0.5, 0.6) is 0 Å². The molecule has 0 saturated carbocycles. The van der Waals surface area contributed by atoms with Crippen molar-refractivity contribution >= 4 is 23.8 Å². The number of nitrogens with one attached hydrogen (secondary N) is 1. The normalized spacial score (nSPS) is 15.0. The molecular formula is C26H36N6O5. The van der Waals surface area contributed by atoms with E-state index in [-0.39, 0.29) is 18.1 Å². The summed E-state index contributed by atoms with van der Waals surface area (Å²) in [4.78, 5) is 50.3. The summed E-state index contributed by atoms with van der Waals surface area (Å²) >= 11 is 0. The third-order valence-electron chi connectivity index (χ3n) is 5.56. The highest BCUT2D eigenvalue weighted by molar-refractivity contribution is 5.97. The summed E-state index contributed by atoms with van der Waals surface area (Å²) in [6, 6.07) is 8.44. The molecule has 200 valence electrons. The van der Waals surface area contributed by atoms with Crippen molar-refractivity contribution in [1.82, 2.24) is 19.8 Å². The second-order valence-electron chi connectivity index (χ2n) is 11.1. The number of amidine groups is 1. The Kier molecular flexibility index (Phi) is 7.94. The minimum absolute atomic E-state index is 0.0743. The molecule has 0 radical (unpaired) electrons. The molecule has 2 heterocycles. The SMILES string of the molecule is C/C(N)=N/OC(=O)C(NC(=O)c1nc(-c2ccccc2)n2c1CN(C(=O)OC(C)(C)C)CC2)C(C)(C)C. The molecule has 0 fully saturated rings. The molecule has 2 amide bonds. The van der Waals surface area contributed by atoms with Gasteiger partial charge in [-0.05, 0) is 33.1 Å². The van der Waals surface area contributed by atoms with Crippen LogP contribution >= 0.6 is 0 Å². The van der Waals surface area contributed by atoms with Gasteiger partial charge in [-0.15, -0.1) is 0 Å². The summed E-state index contributed by atoms with van der Waals surface area (Å²) in [5.74, 6) is -0.646. The minimum atomic E-state index is -1.04. The average molecular weight is 513 g/mol. The molecule has 37 heavy (non-hydrogen) atoms. The maximum absolute atomic E-state index is 13.6. The Bertz CT molecular complexity index is 1190. The fourth-order valence-electron chi connectivity index (χ4n) is 3.84. The first-order valence-electron chi connectivity index (χ1n) is 12.1. The number of carbonyl (C=O) groups is 3. The lowest BCUT2D eigenvalue weighted by molar-refractivity contribution is -0.148. The third-order valence-corrected chi connectivity index (χ3v) is 5.56. The molecule has 0 saturated heterocycles. The monoisotopic (exact) mass is 512 g/mol. The first-order valence-corrected chi connectivity index (χ1v) is 12.1. The molecule has 3 N–H and O–H groups in total. The number of aromatic nitrogens is 2. The second kappa shape index (κ2) is 10.6. The molecule has 1 aliphatic heterocycles. The maximum atomic E-state index is 13.6. The number of carbonyl (C=O) groups excluding carboxylic acids is 3. The molecule has 1 aromatic carbocycles. The summed E-state index contributed by atoms with van der Waals surface area (Å²) in [7, 11) is 0. The summed E-state index contributed by atoms with van der Waals surface area (Å²) in [6.07, 6.45) is -0.473. The highest BCUT2D eigenvalue weighted by Crippen LogP contribution is 2.28. The van der Waals surface area contributed by atoms with E-state index in [9.17, 15) is 14.4 Å². The van der Waals surface area contributed by atoms with Gasteiger partial charge in [-0.2, -0.15) is 0 Å². The van der Waals surface area contributed by atoms with Crippen molar-refractivity contribution in [3.8, 4) is 11.4 Å². The molecule has 0 aliphatic carbocycles. The number of benzene rings is 1. The molecule has 1 aliphatic rings. The Morgan fingerprint density at radius 2 is 1.73 bits per heavy atom. The fourth-order valence-corrected chi connectivity index (χ4v) is 3.84. The first-order chi connectivity index (χ1) is 17.2. The van der Waals surface area contributed by atoms with Crippen LogP contribution < -0.4 is 11.1 Å². The van der Waals surface area contributed by atoms with Crippen LogP contribution in [0.2, 0.25) is 0 Å². The van der Waals surface area contributed by atoms with Crippen LogP contribution in [0.15, 0.2) is 35.5 Å². The molecule has 0 spiro atoms. The maximum Gasteiger partial charge on any atom is 0.410 e. The van der Waals surface area contributed by atoms with Gasteiger partial charge in [0.05, 0.1) is 12.2 Å². The van der Waals surface area contributed by atoms with Gasteiger partial charge in [0.2, 0.25) is 0 Å². The highest BCUT2D eigenvalue weighted by Gasteiger charge is 2.38. The number of rotatable bonds is 5. The van der Waals surface area contributed by atoms with Crippen molar-refractivity contribution in [2.75, 3.05) is 6.54 Å². The zero-order chi connectivity index (χ0) is 27.5. The number of oxime groups is 1. The van der Waals surface area contributed by atoms with Gasteiger partial charge in [0.15, 0.2) is 5.69 Å². The number of ether oxygens (including phenoxy) is 1. The minimum Gasteiger partial charge on any atom is -0.444 e. The van der Waals surface area contributed by atoms with E-state index in [1.807, 2.05) is 34.9 Å². The second-order valence-corrected chi connectivity index (χ2v) is 11.1. The molecule has 2 aromatic rings. The highest BCUT2D eigenvalue weighted by atomic mass is 16.7. The van der Waals surface area contributed by atoms with Crippen LogP contribution in [-0.4, -0.2) is 56.4 Å². The molecule has 11 nitrogen and oxygen atoms in total. The lowest BCUT2D eigenvalue weighted by Crippen LogP contribution is -2.50. The Hall–Kier alpha value is -3.89. The zero-order valence-electron chi connectivity index (χ0n) is 22.5.